The first kappa shape index (κ1) is 13.7. The van der Waals surface area contributed by atoms with E-state index in [1.165, 1.54) is 0 Å². The number of carboxylic acids is 1. The Balaban J connectivity index is 2.33. The molecule has 5 heteroatoms. The van der Waals surface area contributed by atoms with Gasteiger partial charge in [-0.25, -0.2) is 0 Å². The molecule has 0 amide bonds. The number of nitrogens with one attached hydrogen (secondary N) is 2. The van der Waals surface area contributed by atoms with Crippen molar-refractivity contribution < 1.29 is 9.90 Å². The van der Waals surface area contributed by atoms with Crippen LogP contribution in [-0.4, -0.2) is 35.2 Å². The van der Waals surface area contributed by atoms with Gasteiger partial charge in [-0.05, 0) is 12.1 Å². The second-order valence-corrected chi connectivity index (χ2v) is 4.96. The molecule has 96 valence electrons. The van der Waals surface area contributed by atoms with Gasteiger partial charge in [-0.2, -0.15) is 0 Å². The lowest BCUT2D eigenvalue weighted by atomic mass is 9.89. The number of aromatic nitrogens is 1. The third kappa shape index (κ3) is 4.58. The molecular weight excluding hydrogens is 218 g/mol. The van der Waals surface area contributed by atoms with Crippen LogP contribution >= 0.6 is 0 Å². The Bertz CT molecular complexity index is 347. The predicted molar refractivity (Wildman–Crippen MR) is 66.9 cm³/mol. The zero-order valence-electron chi connectivity index (χ0n) is 10.4. The van der Waals surface area contributed by atoms with Gasteiger partial charge in [-0.1, -0.05) is 13.8 Å². The van der Waals surface area contributed by atoms with Crippen LogP contribution in [0, 0.1) is 0 Å². The fourth-order valence-corrected chi connectivity index (χ4v) is 1.71. The Morgan fingerprint density at radius 1 is 1.65 bits per heavy atom. The number of hydrogen-bond donors (Lipinski definition) is 4. The molecular formula is C12H21N3O2. The van der Waals surface area contributed by atoms with Gasteiger partial charge in [-0.3, -0.25) is 4.79 Å². The van der Waals surface area contributed by atoms with Crippen LogP contribution < -0.4 is 11.1 Å². The van der Waals surface area contributed by atoms with Gasteiger partial charge in [0.05, 0.1) is 6.42 Å². The molecule has 1 heterocycles. The van der Waals surface area contributed by atoms with Gasteiger partial charge in [0.2, 0.25) is 0 Å². The average Bonchev–Trinajstić information content (AvgIpc) is 2.68. The van der Waals surface area contributed by atoms with Crippen molar-refractivity contribution in [2.45, 2.75) is 31.7 Å². The largest absolute Gasteiger partial charge is 0.481 e. The van der Waals surface area contributed by atoms with Gasteiger partial charge in [0.1, 0.15) is 0 Å². The van der Waals surface area contributed by atoms with E-state index in [4.69, 9.17) is 10.8 Å². The van der Waals surface area contributed by atoms with Crippen LogP contribution in [0.25, 0.3) is 0 Å². The number of H-pyrrole nitrogens is 1. The molecule has 0 radical (unpaired) electrons. The highest BCUT2D eigenvalue weighted by molar-refractivity contribution is 5.67. The van der Waals surface area contributed by atoms with E-state index in [0.29, 0.717) is 6.54 Å². The second kappa shape index (κ2) is 5.84. The Hall–Kier alpha value is -1.33. The third-order valence-electron chi connectivity index (χ3n) is 2.74. The van der Waals surface area contributed by atoms with Crippen molar-refractivity contribution in [3.8, 4) is 0 Å². The minimum atomic E-state index is -0.858. The first-order valence-electron chi connectivity index (χ1n) is 5.74. The highest BCUT2D eigenvalue weighted by Gasteiger charge is 2.21. The number of carboxylic acid groups (broad SMARTS) is 1. The van der Waals surface area contributed by atoms with Gasteiger partial charge >= 0.3 is 5.97 Å². The number of nitrogens with two attached hydrogens (primary N) is 1. The summed E-state index contributed by atoms with van der Waals surface area (Å²) in [5.74, 6) is -0.858. The molecule has 5 N–H and O–H groups in total. The lowest BCUT2D eigenvalue weighted by Gasteiger charge is -2.24. The molecule has 17 heavy (non-hydrogen) atoms. The van der Waals surface area contributed by atoms with Crippen LogP contribution in [-0.2, 0) is 10.2 Å². The summed E-state index contributed by atoms with van der Waals surface area (Å²) in [5.41, 5.74) is 6.80. The summed E-state index contributed by atoms with van der Waals surface area (Å²) < 4.78 is 0. The number of carbonyl (C=O) groups is 1. The van der Waals surface area contributed by atoms with E-state index < -0.39 is 5.97 Å². The maximum atomic E-state index is 10.4. The molecule has 1 rings (SSSR count). The molecule has 0 spiro atoms. The summed E-state index contributed by atoms with van der Waals surface area (Å²) >= 11 is 0. The van der Waals surface area contributed by atoms with Crippen LogP contribution in [0.4, 0.5) is 0 Å². The normalized spacial score (nSPS) is 13.6. The third-order valence-corrected chi connectivity index (χ3v) is 2.74. The molecule has 0 aliphatic carbocycles. The molecule has 1 aromatic heterocycles. The van der Waals surface area contributed by atoms with Crippen LogP contribution in [0.1, 0.15) is 26.0 Å². The van der Waals surface area contributed by atoms with Crippen LogP contribution in [0.2, 0.25) is 0 Å². The fourth-order valence-electron chi connectivity index (χ4n) is 1.71. The van der Waals surface area contributed by atoms with Crippen molar-refractivity contribution in [3.63, 3.8) is 0 Å². The molecule has 5 nitrogen and oxygen atoms in total. The van der Waals surface area contributed by atoms with E-state index >= 15 is 0 Å². The van der Waals surface area contributed by atoms with Crippen molar-refractivity contribution in [2.75, 3.05) is 13.1 Å². The average molecular weight is 239 g/mol. The molecule has 0 aliphatic heterocycles. The Morgan fingerprint density at radius 3 is 2.88 bits per heavy atom. The summed E-state index contributed by atoms with van der Waals surface area (Å²) in [6, 6.07) is 3.67. The molecule has 1 unspecified atom stereocenters. The van der Waals surface area contributed by atoms with Crippen molar-refractivity contribution in [1.29, 1.82) is 0 Å². The summed E-state index contributed by atoms with van der Waals surface area (Å²) in [6.07, 6.45) is 1.89. The number of aliphatic carboxylic acids is 1. The quantitative estimate of drug-likeness (QED) is 0.563. The predicted octanol–water partition coefficient (Wildman–Crippen LogP) is 0.684. The first-order chi connectivity index (χ1) is 7.92. The van der Waals surface area contributed by atoms with Gasteiger partial charge < -0.3 is 21.1 Å². The van der Waals surface area contributed by atoms with Crippen LogP contribution in [0.5, 0.6) is 0 Å². The standard InChI is InChI=1S/C12H21N3O2/c1-12(2,10-4-3-5-15-10)8-14-7-9(13)6-11(16)17/h3-5,9,14-15H,6-8,13H2,1-2H3,(H,16,17). The number of aromatic amines is 1. The topological polar surface area (TPSA) is 91.1 Å². The fraction of sp³-hybridized carbons (Fsp3) is 0.583. The smallest absolute Gasteiger partial charge is 0.304 e. The highest BCUT2D eigenvalue weighted by atomic mass is 16.4. The van der Waals surface area contributed by atoms with E-state index in [1.54, 1.807) is 0 Å². The van der Waals surface area contributed by atoms with Gasteiger partial charge in [0.15, 0.2) is 0 Å². The summed E-state index contributed by atoms with van der Waals surface area (Å²) in [4.78, 5) is 13.6. The summed E-state index contributed by atoms with van der Waals surface area (Å²) in [6.45, 7) is 5.50. The maximum Gasteiger partial charge on any atom is 0.304 e. The summed E-state index contributed by atoms with van der Waals surface area (Å²) in [7, 11) is 0. The molecule has 1 atom stereocenters. The minimum Gasteiger partial charge on any atom is -0.481 e. The monoisotopic (exact) mass is 239 g/mol. The zero-order valence-corrected chi connectivity index (χ0v) is 10.4. The van der Waals surface area contributed by atoms with E-state index in [0.717, 1.165) is 12.2 Å². The van der Waals surface area contributed by atoms with Crippen LogP contribution in [0.15, 0.2) is 18.3 Å². The molecule has 0 bridgehead atoms. The Morgan fingerprint density at radius 2 is 2.35 bits per heavy atom. The first-order valence-corrected chi connectivity index (χ1v) is 5.74. The molecule has 1 aromatic rings. The Kier molecular flexibility index (Phi) is 4.72. The maximum absolute atomic E-state index is 10.4. The van der Waals surface area contributed by atoms with Crippen molar-refractivity contribution in [3.05, 3.63) is 24.0 Å². The van der Waals surface area contributed by atoms with Gasteiger partial charge in [0, 0.05) is 36.4 Å². The van der Waals surface area contributed by atoms with E-state index in [2.05, 4.69) is 24.1 Å². The lowest BCUT2D eigenvalue weighted by Crippen LogP contribution is -2.41. The van der Waals surface area contributed by atoms with Crippen molar-refractivity contribution in [2.24, 2.45) is 5.73 Å². The van der Waals surface area contributed by atoms with Gasteiger partial charge in [0.25, 0.3) is 0 Å². The second-order valence-electron chi connectivity index (χ2n) is 4.96. The van der Waals surface area contributed by atoms with Crippen molar-refractivity contribution >= 4 is 5.97 Å². The van der Waals surface area contributed by atoms with Gasteiger partial charge in [-0.15, -0.1) is 0 Å². The van der Waals surface area contributed by atoms with Crippen LogP contribution in [0.3, 0.4) is 0 Å². The zero-order chi connectivity index (χ0) is 12.9. The van der Waals surface area contributed by atoms with E-state index in [1.807, 2.05) is 18.3 Å². The molecule has 0 aliphatic rings. The molecule has 0 saturated heterocycles. The summed E-state index contributed by atoms with van der Waals surface area (Å²) in [5, 5.41) is 11.8. The highest BCUT2D eigenvalue weighted by Crippen LogP contribution is 2.19. The van der Waals surface area contributed by atoms with Crippen molar-refractivity contribution in [1.82, 2.24) is 10.3 Å². The number of hydrogen-bond acceptors (Lipinski definition) is 3. The number of rotatable bonds is 7. The van der Waals surface area contributed by atoms with E-state index in [-0.39, 0.29) is 17.9 Å². The molecule has 0 aromatic carbocycles. The SMILES string of the molecule is CC(C)(CNCC(N)CC(=O)O)c1ccc[nH]1. The molecule has 0 saturated carbocycles. The Labute approximate surface area is 101 Å². The minimum absolute atomic E-state index is 0.00404. The lowest BCUT2D eigenvalue weighted by molar-refractivity contribution is -0.137. The van der Waals surface area contributed by atoms with E-state index in [9.17, 15) is 4.79 Å². The molecule has 0 fully saturated rings.